The summed E-state index contributed by atoms with van der Waals surface area (Å²) in [7, 11) is -3.50. The van der Waals surface area contributed by atoms with Gasteiger partial charge in [-0.2, -0.15) is 5.10 Å². The topological polar surface area (TPSA) is 115 Å². The third-order valence-corrected chi connectivity index (χ3v) is 8.82. The molecule has 4 aliphatic rings. The summed E-state index contributed by atoms with van der Waals surface area (Å²) in [5.74, 6) is 0.355. The van der Waals surface area contributed by atoms with E-state index in [1.807, 2.05) is 0 Å². The molecule has 0 saturated carbocycles. The van der Waals surface area contributed by atoms with Gasteiger partial charge in [0.25, 0.3) is 0 Å². The molecule has 1 saturated heterocycles. The van der Waals surface area contributed by atoms with Crippen molar-refractivity contribution in [3.8, 4) is 5.88 Å². The van der Waals surface area contributed by atoms with E-state index in [0.29, 0.717) is 19.0 Å². The van der Waals surface area contributed by atoms with Crippen LogP contribution in [0.5, 0.6) is 5.88 Å². The molecule has 33 heavy (non-hydrogen) atoms. The van der Waals surface area contributed by atoms with Crippen LogP contribution in [0.15, 0.2) is 21.5 Å². The third-order valence-electron chi connectivity index (χ3n) is 7.47. The van der Waals surface area contributed by atoms with E-state index in [4.69, 9.17) is 9.88 Å². The van der Waals surface area contributed by atoms with Crippen molar-refractivity contribution in [2.75, 3.05) is 25.0 Å². The number of carbonyl (C=O) groups is 1. The van der Waals surface area contributed by atoms with Gasteiger partial charge in [0.1, 0.15) is 11.5 Å². The minimum absolute atomic E-state index is 0.178. The lowest BCUT2D eigenvalue weighted by atomic mass is 9.98. The monoisotopic (exact) mass is 470 g/mol. The molecule has 1 fully saturated rings. The molecule has 3 heterocycles. The number of amides is 2. The van der Waals surface area contributed by atoms with Crippen molar-refractivity contribution in [2.45, 2.75) is 68.8 Å². The predicted molar refractivity (Wildman–Crippen MR) is 125 cm³/mol. The maximum atomic E-state index is 13.3. The summed E-state index contributed by atoms with van der Waals surface area (Å²) in [4.78, 5) is 15.4. The highest BCUT2D eigenvalue weighted by Crippen LogP contribution is 2.38. The van der Waals surface area contributed by atoms with Crippen molar-refractivity contribution < 1.29 is 13.7 Å². The Balaban J connectivity index is 1.24. The van der Waals surface area contributed by atoms with Crippen molar-refractivity contribution in [1.82, 2.24) is 14.7 Å². The van der Waals surface area contributed by atoms with Gasteiger partial charge in [-0.15, -0.1) is 4.36 Å². The predicted octanol–water partition coefficient (Wildman–Crippen LogP) is 2.65. The molecule has 9 nitrogen and oxygen atoms in total. The molecule has 0 radical (unpaired) electrons. The van der Waals surface area contributed by atoms with E-state index >= 15 is 0 Å². The molecule has 2 aliphatic heterocycles. The molecule has 6 rings (SSSR count). The molecular formula is C23H30N6O3S. The van der Waals surface area contributed by atoms with Gasteiger partial charge >= 0.3 is 6.03 Å². The number of nitrogens with two attached hydrogens (primary N) is 1. The fourth-order valence-electron chi connectivity index (χ4n) is 5.92. The highest BCUT2D eigenvalue weighted by molar-refractivity contribution is 7.91. The van der Waals surface area contributed by atoms with Gasteiger partial charge in [-0.3, -0.25) is 4.90 Å². The maximum absolute atomic E-state index is 13.3. The smallest absolute Gasteiger partial charge is 0.354 e. The number of anilines is 1. The number of benzene rings is 1. The van der Waals surface area contributed by atoms with Crippen LogP contribution in [-0.4, -0.2) is 50.7 Å². The Bertz CT molecular complexity index is 1240. The van der Waals surface area contributed by atoms with Crippen molar-refractivity contribution in [3.05, 3.63) is 34.5 Å². The number of hydrogen-bond acceptors (Lipinski definition) is 5. The number of nitrogens with zero attached hydrogens (tertiary/aromatic N) is 4. The van der Waals surface area contributed by atoms with E-state index < -0.39 is 15.9 Å². The number of nitrogens with one attached hydrogen (secondary N) is 1. The van der Waals surface area contributed by atoms with Crippen LogP contribution in [0, 0.1) is 0 Å². The Kier molecular flexibility index (Phi) is 5.19. The Morgan fingerprint density at radius 2 is 1.88 bits per heavy atom. The molecule has 176 valence electrons. The zero-order valence-corrected chi connectivity index (χ0v) is 19.5. The average molecular weight is 471 g/mol. The number of urea groups is 1. The van der Waals surface area contributed by atoms with Gasteiger partial charge in [-0.1, -0.05) is 0 Å². The van der Waals surface area contributed by atoms with Gasteiger partial charge in [0, 0.05) is 5.69 Å². The second kappa shape index (κ2) is 8.11. The standard InChI is InChI=1S/C23H30N6O3S/c24-33(31,21-12-25-29-13-16(14-32-22(21)29)28-9-1-2-10-28)27-23(30)26-20-11-15-5-3-6-17(15)18-7-4-8-19(18)20/h11-12,16H,1-10,13-14H2,(H3,24,26,27,30,31). The van der Waals surface area contributed by atoms with Gasteiger partial charge in [-0.05, 0) is 92.8 Å². The first kappa shape index (κ1) is 21.1. The van der Waals surface area contributed by atoms with Crippen molar-refractivity contribution in [2.24, 2.45) is 9.50 Å². The molecule has 2 unspecified atom stereocenters. The van der Waals surface area contributed by atoms with Crippen LogP contribution in [0.3, 0.4) is 0 Å². The number of fused-ring (bicyclic) bond motifs is 4. The molecule has 3 N–H and O–H groups in total. The van der Waals surface area contributed by atoms with Gasteiger partial charge in [-0.25, -0.2) is 18.8 Å². The lowest BCUT2D eigenvalue weighted by molar-refractivity contribution is 0.0994. The number of carbonyl (C=O) groups excluding carboxylic acids is 1. The molecule has 0 bridgehead atoms. The van der Waals surface area contributed by atoms with E-state index in [0.717, 1.165) is 57.3 Å². The number of hydrogen-bond donors (Lipinski definition) is 2. The van der Waals surface area contributed by atoms with Gasteiger partial charge in [0.2, 0.25) is 5.88 Å². The summed E-state index contributed by atoms with van der Waals surface area (Å²) < 4.78 is 24.8. The summed E-state index contributed by atoms with van der Waals surface area (Å²) in [5.41, 5.74) is 6.15. The molecule has 10 heteroatoms. The van der Waals surface area contributed by atoms with Crippen molar-refractivity contribution in [1.29, 1.82) is 0 Å². The zero-order valence-electron chi connectivity index (χ0n) is 18.7. The van der Waals surface area contributed by atoms with Gasteiger partial charge < -0.3 is 10.1 Å². The minimum Gasteiger partial charge on any atom is -0.475 e. The zero-order chi connectivity index (χ0) is 22.6. The van der Waals surface area contributed by atoms with Crippen LogP contribution in [-0.2, 0) is 42.1 Å². The number of aryl methyl sites for hydroxylation is 1. The fraction of sp³-hybridized carbons (Fsp3) is 0.565. The van der Waals surface area contributed by atoms with E-state index in [2.05, 4.69) is 25.7 Å². The lowest BCUT2D eigenvalue weighted by Crippen LogP contribution is -2.43. The normalized spacial score (nSPS) is 23.4. The highest BCUT2D eigenvalue weighted by Gasteiger charge is 2.32. The molecule has 1 aromatic carbocycles. The SMILES string of the molecule is NS(=O)(=NC(=O)Nc1cc2c(c3c1CCC3)CCC2)c1cnn2c1OCC(N1CCCC1)C2. The maximum Gasteiger partial charge on any atom is 0.354 e. The molecule has 1 aromatic heterocycles. The van der Waals surface area contributed by atoms with Crippen molar-refractivity contribution >= 4 is 21.6 Å². The summed E-state index contributed by atoms with van der Waals surface area (Å²) in [5, 5.41) is 13.3. The van der Waals surface area contributed by atoms with Crippen LogP contribution in [0.2, 0.25) is 0 Å². The molecule has 0 spiro atoms. The van der Waals surface area contributed by atoms with Crippen LogP contribution < -0.4 is 15.2 Å². The Labute approximate surface area is 194 Å². The van der Waals surface area contributed by atoms with E-state index in [-0.39, 0.29) is 10.9 Å². The quantitative estimate of drug-likeness (QED) is 0.716. The van der Waals surface area contributed by atoms with Crippen LogP contribution in [0.4, 0.5) is 10.5 Å². The Hall–Kier alpha value is -2.43. The van der Waals surface area contributed by atoms with Crippen LogP contribution in [0.25, 0.3) is 0 Å². The summed E-state index contributed by atoms with van der Waals surface area (Å²) >= 11 is 0. The second-order valence-electron chi connectivity index (χ2n) is 9.52. The Morgan fingerprint density at radius 1 is 1.12 bits per heavy atom. The minimum atomic E-state index is -3.50. The first-order chi connectivity index (χ1) is 16.0. The van der Waals surface area contributed by atoms with E-state index in [1.54, 1.807) is 4.68 Å². The molecule has 2 atom stereocenters. The highest BCUT2D eigenvalue weighted by atomic mass is 32.2. The largest absolute Gasteiger partial charge is 0.475 e. The summed E-state index contributed by atoms with van der Waals surface area (Å²) in [6.45, 7) is 3.26. The van der Waals surface area contributed by atoms with E-state index in [9.17, 15) is 9.00 Å². The summed E-state index contributed by atoms with van der Waals surface area (Å²) in [6.07, 6.45) is 10.2. The molecule has 2 amide bonds. The number of ether oxygens (including phenoxy) is 1. The first-order valence-corrected chi connectivity index (χ1v) is 13.5. The van der Waals surface area contributed by atoms with E-state index in [1.165, 1.54) is 41.3 Å². The fourth-order valence-corrected chi connectivity index (χ4v) is 6.92. The molecular weight excluding hydrogens is 440 g/mol. The molecule has 2 aromatic rings. The van der Waals surface area contributed by atoms with Gasteiger partial charge in [0.05, 0.1) is 18.8 Å². The third kappa shape index (κ3) is 3.74. The van der Waals surface area contributed by atoms with Gasteiger partial charge in [0.15, 0.2) is 9.92 Å². The number of aromatic nitrogens is 2. The van der Waals surface area contributed by atoms with Crippen LogP contribution in [0.1, 0.15) is 47.9 Å². The first-order valence-electron chi connectivity index (χ1n) is 11.9. The summed E-state index contributed by atoms with van der Waals surface area (Å²) in [6, 6.07) is 1.62. The number of likely N-dealkylation sites (tertiary alicyclic amines) is 1. The van der Waals surface area contributed by atoms with Crippen molar-refractivity contribution in [3.63, 3.8) is 0 Å². The average Bonchev–Trinajstić information content (AvgIpc) is 3.59. The Morgan fingerprint density at radius 3 is 2.73 bits per heavy atom. The molecule has 2 aliphatic carbocycles. The number of rotatable bonds is 3. The second-order valence-corrected chi connectivity index (χ2v) is 11.3. The van der Waals surface area contributed by atoms with Crippen LogP contribution >= 0.6 is 0 Å². The lowest BCUT2D eigenvalue weighted by Gasteiger charge is -2.31.